The summed E-state index contributed by atoms with van der Waals surface area (Å²) in [5, 5.41) is 0. The molecular weight excluding hydrogens is 329 g/mol. The average molecular weight is 344 g/mol. The molecule has 0 saturated carbocycles. The summed E-state index contributed by atoms with van der Waals surface area (Å²) in [6.07, 6.45) is 0. The predicted octanol–water partition coefficient (Wildman–Crippen LogP) is 3.88. The first-order chi connectivity index (χ1) is 11.0. The van der Waals surface area contributed by atoms with Crippen LogP contribution in [0.1, 0.15) is 11.1 Å². The van der Waals surface area contributed by atoms with E-state index in [-0.39, 0.29) is 17.3 Å². The Hall–Kier alpha value is -2.02. The second kappa shape index (κ2) is 8.01. The maximum absolute atomic E-state index is 13.3. The van der Waals surface area contributed by atoms with Crippen LogP contribution in [-0.4, -0.2) is 17.9 Å². The fourth-order valence-corrected chi connectivity index (χ4v) is 3.28. The number of rotatable bonds is 7. The fourth-order valence-electron chi connectivity index (χ4n) is 2.04. The second-order valence-electron chi connectivity index (χ2n) is 4.71. The van der Waals surface area contributed by atoms with E-state index in [2.05, 4.69) is 4.74 Å². The molecule has 0 aliphatic rings. The summed E-state index contributed by atoms with van der Waals surface area (Å²) in [6, 6.07) is 9.96. The van der Waals surface area contributed by atoms with E-state index in [0.29, 0.717) is 16.9 Å². The summed E-state index contributed by atoms with van der Waals surface area (Å²) in [5.74, 6) is 0.443. The first kappa shape index (κ1) is 17.3. The van der Waals surface area contributed by atoms with Crippen molar-refractivity contribution < 1.29 is 26.9 Å². The molecule has 0 amide bonds. The van der Waals surface area contributed by atoms with Gasteiger partial charge in [0.1, 0.15) is 17.3 Å². The number of hydrogen-bond acceptors (Lipinski definition) is 3. The van der Waals surface area contributed by atoms with Crippen molar-refractivity contribution in [3.8, 4) is 11.5 Å². The first-order valence-corrected chi connectivity index (χ1v) is 8.18. The summed E-state index contributed by atoms with van der Waals surface area (Å²) < 4.78 is 59.0. The van der Waals surface area contributed by atoms with E-state index in [1.54, 1.807) is 12.1 Å². The molecule has 0 N–H and O–H groups in total. The minimum absolute atomic E-state index is 0.0429. The quantitative estimate of drug-likeness (QED) is 0.765. The van der Waals surface area contributed by atoms with Crippen LogP contribution in [0.25, 0.3) is 0 Å². The molecule has 0 radical (unpaired) electrons. The highest BCUT2D eigenvalue weighted by atomic mass is 32.2. The lowest BCUT2D eigenvalue weighted by atomic mass is 10.2. The molecule has 0 aromatic heterocycles. The van der Waals surface area contributed by atoms with Crippen molar-refractivity contribution in [3.05, 3.63) is 59.4 Å². The van der Waals surface area contributed by atoms with E-state index in [4.69, 9.17) is 4.74 Å². The van der Waals surface area contributed by atoms with Crippen LogP contribution in [0.4, 0.5) is 13.2 Å². The normalized spacial score (nSPS) is 12.2. The van der Waals surface area contributed by atoms with Crippen molar-refractivity contribution in [1.29, 1.82) is 0 Å². The molecule has 0 bridgehead atoms. The number of alkyl halides is 2. The maximum atomic E-state index is 13.3. The molecule has 2 aromatic rings. The minimum atomic E-state index is -2.88. The first-order valence-electron chi connectivity index (χ1n) is 6.69. The summed E-state index contributed by atoms with van der Waals surface area (Å²) in [7, 11) is 0.165. The van der Waals surface area contributed by atoms with Gasteiger partial charge in [-0.3, -0.25) is 4.21 Å². The van der Waals surface area contributed by atoms with Crippen LogP contribution in [0.3, 0.4) is 0 Å². The molecular formula is C16H15F3O3S. The van der Waals surface area contributed by atoms with Crippen LogP contribution in [-0.2, 0) is 22.3 Å². The van der Waals surface area contributed by atoms with Gasteiger partial charge in [-0.05, 0) is 35.9 Å². The number of halogens is 3. The Kier molecular flexibility index (Phi) is 6.04. The van der Waals surface area contributed by atoms with E-state index in [1.807, 2.05) is 0 Å². The molecule has 2 rings (SSSR count). The molecule has 23 heavy (non-hydrogen) atoms. The van der Waals surface area contributed by atoms with Crippen molar-refractivity contribution in [3.63, 3.8) is 0 Å². The molecule has 0 heterocycles. The van der Waals surface area contributed by atoms with Gasteiger partial charge in [0.2, 0.25) is 0 Å². The summed E-state index contributed by atoms with van der Waals surface area (Å²) >= 11 is 0. The predicted molar refractivity (Wildman–Crippen MR) is 81.6 cm³/mol. The van der Waals surface area contributed by atoms with Crippen molar-refractivity contribution >= 4 is 10.8 Å². The largest absolute Gasteiger partial charge is 0.496 e. The van der Waals surface area contributed by atoms with Crippen LogP contribution in [0.2, 0.25) is 0 Å². The Morgan fingerprint density at radius 2 is 1.78 bits per heavy atom. The lowest BCUT2D eigenvalue weighted by Gasteiger charge is -2.09. The van der Waals surface area contributed by atoms with Gasteiger partial charge >= 0.3 is 6.61 Å². The van der Waals surface area contributed by atoms with E-state index in [0.717, 1.165) is 0 Å². The van der Waals surface area contributed by atoms with Crippen LogP contribution < -0.4 is 9.47 Å². The highest BCUT2D eigenvalue weighted by Crippen LogP contribution is 2.22. The monoisotopic (exact) mass is 344 g/mol. The highest BCUT2D eigenvalue weighted by Gasteiger charge is 2.10. The maximum Gasteiger partial charge on any atom is 0.387 e. The van der Waals surface area contributed by atoms with Crippen molar-refractivity contribution in [2.45, 2.75) is 18.1 Å². The van der Waals surface area contributed by atoms with Gasteiger partial charge in [0.25, 0.3) is 0 Å². The van der Waals surface area contributed by atoms with E-state index < -0.39 is 23.2 Å². The molecule has 2 aromatic carbocycles. The van der Waals surface area contributed by atoms with Gasteiger partial charge in [0.05, 0.1) is 12.9 Å². The average Bonchev–Trinajstić information content (AvgIpc) is 2.49. The molecule has 0 saturated heterocycles. The number of hydrogen-bond donors (Lipinski definition) is 0. The van der Waals surface area contributed by atoms with Crippen LogP contribution in [0, 0.1) is 5.82 Å². The lowest BCUT2D eigenvalue weighted by molar-refractivity contribution is -0.0498. The number of ether oxygens (including phenoxy) is 2. The van der Waals surface area contributed by atoms with E-state index in [1.165, 1.54) is 37.4 Å². The van der Waals surface area contributed by atoms with Gasteiger partial charge in [0.15, 0.2) is 0 Å². The minimum Gasteiger partial charge on any atom is -0.496 e. The van der Waals surface area contributed by atoms with Gasteiger partial charge < -0.3 is 9.47 Å². The highest BCUT2D eigenvalue weighted by molar-refractivity contribution is 7.83. The SMILES string of the molecule is COc1ccc(F)cc1CS(=O)Cc1ccc(OC(F)F)cc1. The summed E-state index contributed by atoms with van der Waals surface area (Å²) in [5.41, 5.74) is 1.23. The number of methoxy groups -OCH3 is 1. The Morgan fingerprint density at radius 1 is 1.09 bits per heavy atom. The van der Waals surface area contributed by atoms with Gasteiger partial charge in [-0.25, -0.2) is 4.39 Å². The zero-order valence-corrected chi connectivity index (χ0v) is 13.1. The third-order valence-corrected chi connectivity index (χ3v) is 4.32. The van der Waals surface area contributed by atoms with Crippen molar-refractivity contribution in [2.24, 2.45) is 0 Å². The third-order valence-electron chi connectivity index (χ3n) is 3.04. The third kappa shape index (κ3) is 5.28. The Balaban J connectivity index is 2.01. The summed E-state index contributed by atoms with van der Waals surface area (Å²) in [4.78, 5) is 0. The Morgan fingerprint density at radius 3 is 2.39 bits per heavy atom. The molecule has 3 nitrogen and oxygen atoms in total. The van der Waals surface area contributed by atoms with Gasteiger partial charge in [-0.2, -0.15) is 8.78 Å². The molecule has 0 aliphatic carbocycles. The molecule has 1 unspecified atom stereocenters. The Labute approximate surface area is 134 Å². The molecule has 0 fully saturated rings. The zero-order valence-electron chi connectivity index (χ0n) is 12.3. The fraction of sp³-hybridized carbons (Fsp3) is 0.250. The van der Waals surface area contributed by atoms with E-state index >= 15 is 0 Å². The van der Waals surface area contributed by atoms with Crippen molar-refractivity contribution in [2.75, 3.05) is 7.11 Å². The molecule has 0 spiro atoms. The molecule has 1 atom stereocenters. The molecule has 0 aliphatic heterocycles. The summed E-state index contributed by atoms with van der Waals surface area (Å²) in [6.45, 7) is -2.88. The van der Waals surface area contributed by atoms with Gasteiger partial charge in [0, 0.05) is 22.1 Å². The lowest BCUT2D eigenvalue weighted by Crippen LogP contribution is -2.03. The molecule has 124 valence electrons. The second-order valence-corrected chi connectivity index (χ2v) is 6.16. The van der Waals surface area contributed by atoms with Gasteiger partial charge in [-0.15, -0.1) is 0 Å². The molecule has 7 heteroatoms. The van der Waals surface area contributed by atoms with Crippen LogP contribution >= 0.6 is 0 Å². The zero-order chi connectivity index (χ0) is 16.8. The van der Waals surface area contributed by atoms with Crippen LogP contribution in [0.15, 0.2) is 42.5 Å². The topological polar surface area (TPSA) is 35.5 Å². The van der Waals surface area contributed by atoms with E-state index in [9.17, 15) is 17.4 Å². The van der Waals surface area contributed by atoms with Crippen LogP contribution in [0.5, 0.6) is 11.5 Å². The van der Waals surface area contributed by atoms with Gasteiger partial charge in [-0.1, -0.05) is 12.1 Å². The standard InChI is InChI=1S/C16H15F3O3S/c1-21-15-7-4-13(17)8-12(15)10-23(20)9-11-2-5-14(6-3-11)22-16(18)19/h2-8,16H,9-10H2,1H3. The smallest absolute Gasteiger partial charge is 0.387 e. The Bertz CT molecular complexity index is 675. The van der Waals surface area contributed by atoms with Crippen molar-refractivity contribution in [1.82, 2.24) is 0 Å². The number of benzene rings is 2.